The molecule has 4 N–H and O–H groups in total. The van der Waals surface area contributed by atoms with E-state index in [0.717, 1.165) is 12.8 Å². The number of nitrogens with two attached hydrogens (primary N) is 1. The average Bonchev–Trinajstić information content (AvgIpc) is 2.81. The smallest absolute Gasteiger partial charge is 0.211 e. The molecule has 0 aromatic heterocycles. The average molecular weight is 219 g/mol. The Hall–Kier alpha value is -0.620. The van der Waals surface area contributed by atoms with Crippen LogP contribution in [0.4, 0.5) is 0 Å². The molecule has 0 atom stereocenters. The number of hydrogen-bond donors (Lipinski definition) is 3. The topological polar surface area (TPSA) is 96.0 Å². The van der Waals surface area contributed by atoms with Crippen molar-refractivity contribution in [3.63, 3.8) is 0 Å². The van der Waals surface area contributed by atoms with Gasteiger partial charge in [0.15, 0.2) is 0 Å². The van der Waals surface area contributed by atoms with Crippen LogP contribution in [-0.4, -0.2) is 26.6 Å². The fourth-order valence-electron chi connectivity index (χ4n) is 1.16. The monoisotopic (exact) mass is 219 g/mol. The van der Waals surface area contributed by atoms with Gasteiger partial charge in [-0.3, -0.25) is 5.41 Å². The molecule has 0 bridgehead atoms. The molecule has 0 amide bonds. The summed E-state index contributed by atoms with van der Waals surface area (Å²) >= 11 is 0. The van der Waals surface area contributed by atoms with Gasteiger partial charge in [0.25, 0.3) is 0 Å². The highest BCUT2D eigenvalue weighted by Gasteiger charge is 2.27. The molecule has 0 saturated heterocycles. The summed E-state index contributed by atoms with van der Waals surface area (Å²) in [6.45, 7) is 0.384. The van der Waals surface area contributed by atoms with Gasteiger partial charge >= 0.3 is 0 Å². The fourth-order valence-corrected chi connectivity index (χ4v) is 2.69. The molecule has 0 radical (unpaired) electrons. The maximum atomic E-state index is 11.3. The van der Waals surface area contributed by atoms with Crippen LogP contribution >= 0.6 is 0 Å². The van der Waals surface area contributed by atoms with E-state index >= 15 is 0 Å². The van der Waals surface area contributed by atoms with Crippen LogP contribution in [0.25, 0.3) is 0 Å². The van der Waals surface area contributed by atoms with Crippen molar-refractivity contribution in [2.24, 2.45) is 11.7 Å². The zero-order chi connectivity index (χ0) is 10.6. The van der Waals surface area contributed by atoms with Gasteiger partial charge < -0.3 is 5.73 Å². The third kappa shape index (κ3) is 5.18. The highest BCUT2D eigenvalue weighted by Crippen LogP contribution is 2.29. The summed E-state index contributed by atoms with van der Waals surface area (Å²) < 4.78 is 25.2. The highest BCUT2D eigenvalue weighted by atomic mass is 32.2. The van der Waals surface area contributed by atoms with Crippen molar-refractivity contribution >= 4 is 15.9 Å². The molecule has 1 fully saturated rings. The van der Waals surface area contributed by atoms with Crippen LogP contribution in [0.3, 0.4) is 0 Å². The van der Waals surface area contributed by atoms with E-state index < -0.39 is 10.0 Å². The normalized spacial score (nSPS) is 16.9. The van der Waals surface area contributed by atoms with E-state index in [1.54, 1.807) is 0 Å². The molecule has 0 aliphatic heterocycles. The summed E-state index contributed by atoms with van der Waals surface area (Å²) in [5.41, 5.74) is 5.14. The zero-order valence-electron chi connectivity index (χ0n) is 8.12. The molecular weight excluding hydrogens is 202 g/mol. The van der Waals surface area contributed by atoms with Crippen molar-refractivity contribution in [3.05, 3.63) is 0 Å². The summed E-state index contributed by atoms with van der Waals surface area (Å²) in [6.07, 6.45) is 3.12. The Morgan fingerprint density at radius 3 is 2.64 bits per heavy atom. The lowest BCUT2D eigenvalue weighted by atomic mass is 10.3. The van der Waals surface area contributed by atoms with Gasteiger partial charge in [-0.1, -0.05) is 0 Å². The van der Waals surface area contributed by atoms with Gasteiger partial charge in [-0.05, 0) is 25.2 Å². The third-order valence-electron chi connectivity index (χ3n) is 2.10. The summed E-state index contributed by atoms with van der Waals surface area (Å²) in [7, 11) is -3.08. The number of amidine groups is 1. The minimum atomic E-state index is -3.08. The van der Waals surface area contributed by atoms with Crippen LogP contribution in [0.1, 0.15) is 25.7 Å². The van der Waals surface area contributed by atoms with Gasteiger partial charge in [-0.25, -0.2) is 13.1 Å². The molecule has 0 unspecified atom stereocenters. The van der Waals surface area contributed by atoms with E-state index in [9.17, 15) is 8.42 Å². The second kappa shape index (κ2) is 4.75. The Kier molecular flexibility index (Phi) is 3.88. The fraction of sp³-hybridized carbons (Fsp3) is 0.875. The minimum Gasteiger partial charge on any atom is -0.388 e. The molecule has 0 aromatic rings. The zero-order valence-corrected chi connectivity index (χ0v) is 8.94. The maximum Gasteiger partial charge on any atom is 0.211 e. The Balaban J connectivity index is 2.12. The van der Waals surface area contributed by atoms with Gasteiger partial charge in [0, 0.05) is 13.0 Å². The molecule has 1 aliphatic rings. The quantitative estimate of drug-likeness (QED) is 0.320. The van der Waals surface area contributed by atoms with Crippen LogP contribution in [0.15, 0.2) is 0 Å². The van der Waals surface area contributed by atoms with Gasteiger partial charge in [0.1, 0.15) is 0 Å². The molecule has 14 heavy (non-hydrogen) atoms. The summed E-state index contributed by atoms with van der Waals surface area (Å²) in [4.78, 5) is 0. The number of nitrogens with one attached hydrogen (secondary N) is 2. The molecule has 1 aliphatic carbocycles. The first-order chi connectivity index (χ1) is 6.49. The summed E-state index contributed by atoms with van der Waals surface area (Å²) in [5.74, 6) is 0.735. The number of rotatable bonds is 7. The lowest BCUT2D eigenvalue weighted by Gasteiger charge is -2.04. The van der Waals surface area contributed by atoms with Crippen molar-refractivity contribution in [2.75, 3.05) is 12.3 Å². The molecular formula is C8H17N3O2S. The molecule has 1 saturated carbocycles. The molecule has 1 rings (SSSR count). The lowest BCUT2D eigenvalue weighted by molar-refractivity contribution is 0.576. The molecule has 82 valence electrons. The molecule has 6 heteroatoms. The molecule has 5 nitrogen and oxygen atoms in total. The Labute approximate surface area is 84.6 Å². The first kappa shape index (κ1) is 11.5. The van der Waals surface area contributed by atoms with Crippen molar-refractivity contribution in [3.8, 4) is 0 Å². The van der Waals surface area contributed by atoms with E-state index in [2.05, 4.69) is 4.72 Å². The van der Waals surface area contributed by atoms with Gasteiger partial charge in [-0.2, -0.15) is 0 Å². The van der Waals surface area contributed by atoms with Gasteiger partial charge in [0.2, 0.25) is 10.0 Å². The van der Waals surface area contributed by atoms with Crippen molar-refractivity contribution in [2.45, 2.75) is 25.7 Å². The van der Waals surface area contributed by atoms with E-state index in [-0.39, 0.29) is 11.6 Å². The van der Waals surface area contributed by atoms with E-state index in [0.29, 0.717) is 25.3 Å². The maximum absolute atomic E-state index is 11.3. The Bertz CT molecular complexity index is 296. The van der Waals surface area contributed by atoms with Crippen molar-refractivity contribution in [1.29, 1.82) is 5.41 Å². The molecule has 0 heterocycles. The third-order valence-corrected chi connectivity index (χ3v) is 3.65. The van der Waals surface area contributed by atoms with E-state index in [1.165, 1.54) is 0 Å². The van der Waals surface area contributed by atoms with Gasteiger partial charge in [-0.15, -0.1) is 0 Å². The molecule has 0 spiro atoms. The number of hydrogen-bond acceptors (Lipinski definition) is 3. The van der Waals surface area contributed by atoms with Crippen LogP contribution < -0.4 is 10.5 Å². The second-order valence-electron chi connectivity index (χ2n) is 3.75. The van der Waals surface area contributed by atoms with Gasteiger partial charge in [0.05, 0.1) is 11.6 Å². The predicted octanol–water partition coefficient (Wildman–Crippen LogP) is 0.0320. The van der Waals surface area contributed by atoms with Crippen LogP contribution in [0.5, 0.6) is 0 Å². The minimum absolute atomic E-state index is 0.103. The second-order valence-corrected chi connectivity index (χ2v) is 5.60. The van der Waals surface area contributed by atoms with Crippen molar-refractivity contribution in [1.82, 2.24) is 4.72 Å². The lowest BCUT2D eigenvalue weighted by Crippen LogP contribution is -2.28. The largest absolute Gasteiger partial charge is 0.388 e. The predicted molar refractivity (Wildman–Crippen MR) is 55.7 cm³/mol. The first-order valence-electron chi connectivity index (χ1n) is 4.80. The van der Waals surface area contributed by atoms with Crippen molar-refractivity contribution < 1.29 is 8.42 Å². The van der Waals surface area contributed by atoms with Crippen LogP contribution in [0.2, 0.25) is 0 Å². The Morgan fingerprint density at radius 1 is 1.50 bits per heavy atom. The summed E-state index contributed by atoms with van der Waals surface area (Å²) in [5, 5.41) is 6.95. The van der Waals surface area contributed by atoms with E-state index in [4.69, 9.17) is 11.1 Å². The summed E-state index contributed by atoms with van der Waals surface area (Å²) in [6, 6.07) is 0. The molecule has 0 aromatic carbocycles. The van der Waals surface area contributed by atoms with Crippen LogP contribution in [-0.2, 0) is 10.0 Å². The Morgan fingerprint density at radius 2 is 2.14 bits per heavy atom. The SMILES string of the molecule is N=C(N)CCCNS(=O)(=O)CC1CC1. The first-order valence-corrected chi connectivity index (χ1v) is 6.45. The highest BCUT2D eigenvalue weighted by molar-refractivity contribution is 7.89. The van der Waals surface area contributed by atoms with Crippen LogP contribution in [0, 0.1) is 11.3 Å². The van der Waals surface area contributed by atoms with E-state index in [1.807, 2.05) is 0 Å². The standard InChI is InChI=1S/C8H17N3O2S/c9-8(10)2-1-5-11-14(12,13)6-7-3-4-7/h7,11H,1-6H2,(H3,9,10). The number of sulfonamides is 1.